The molecule has 0 aliphatic heterocycles. The standard InChI is InChI=1S/C11H14O.C3H8/c1-2-3-9-12-10-11-7-5-4-6-8-11;1-3-2/h3-9H,2,10H2,1H3;3H2,1-2H3. The highest BCUT2D eigenvalue weighted by molar-refractivity contribution is 5.13. The molecule has 0 atom stereocenters. The molecule has 0 bridgehead atoms. The average molecular weight is 206 g/mol. The Morgan fingerprint density at radius 2 is 1.67 bits per heavy atom. The number of hydrogen-bond donors (Lipinski definition) is 0. The predicted octanol–water partition coefficient (Wildman–Crippen LogP) is 4.54. The van der Waals surface area contributed by atoms with Crippen molar-refractivity contribution in [2.45, 2.75) is 40.2 Å². The van der Waals surface area contributed by atoms with Crippen molar-refractivity contribution in [3.8, 4) is 0 Å². The van der Waals surface area contributed by atoms with E-state index in [1.165, 1.54) is 12.0 Å². The summed E-state index contributed by atoms with van der Waals surface area (Å²) < 4.78 is 5.28. The second kappa shape index (κ2) is 10.8. The van der Waals surface area contributed by atoms with Gasteiger partial charge in [-0.3, -0.25) is 0 Å². The molecule has 0 saturated carbocycles. The van der Waals surface area contributed by atoms with E-state index < -0.39 is 0 Å². The predicted molar refractivity (Wildman–Crippen MR) is 66.6 cm³/mol. The minimum absolute atomic E-state index is 0.664. The third-order valence-electron chi connectivity index (χ3n) is 1.52. The molecule has 0 unspecified atom stereocenters. The summed E-state index contributed by atoms with van der Waals surface area (Å²) >= 11 is 0. The highest BCUT2D eigenvalue weighted by Gasteiger charge is 1.86. The van der Waals surface area contributed by atoms with Crippen molar-refractivity contribution in [3.63, 3.8) is 0 Å². The van der Waals surface area contributed by atoms with Crippen LogP contribution in [-0.2, 0) is 11.3 Å². The van der Waals surface area contributed by atoms with Gasteiger partial charge in [-0.05, 0) is 12.0 Å². The van der Waals surface area contributed by atoms with Crippen molar-refractivity contribution < 1.29 is 4.74 Å². The molecule has 0 amide bonds. The van der Waals surface area contributed by atoms with Gasteiger partial charge in [0.1, 0.15) is 6.61 Å². The van der Waals surface area contributed by atoms with Gasteiger partial charge in [-0.1, -0.05) is 63.6 Å². The van der Waals surface area contributed by atoms with Crippen LogP contribution in [0.2, 0.25) is 0 Å². The van der Waals surface area contributed by atoms with E-state index in [4.69, 9.17) is 4.74 Å². The maximum Gasteiger partial charge on any atom is 0.112 e. The number of hydrogen-bond acceptors (Lipinski definition) is 1. The second-order valence-corrected chi connectivity index (χ2v) is 3.28. The summed E-state index contributed by atoms with van der Waals surface area (Å²) in [6.45, 7) is 7.00. The lowest BCUT2D eigenvalue weighted by atomic mass is 10.2. The summed E-state index contributed by atoms with van der Waals surface area (Å²) in [5, 5.41) is 0. The van der Waals surface area contributed by atoms with Crippen LogP contribution < -0.4 is 0 Å². The maximum atomic E-state index is 5.28. The van der Waals surface area contributed by atoms with Crippen LogP contribution in [-0.4, -0.2) is 0 Å². The lowest BCUT2D eigenvalue weighted by molar-refractivity contribution is 0.235. The monoisotopic (exact) mass is 206 g/mol. The molecule has 1 aromatic carbocycles. The summed E-state index contributed by atoms with van der Waals surface area (Å²) in [5.41, 5.74) is 1.21. The van der Waals surface area contributed by atoms with E-state index >= 15 is 0 Å². The van der Waals surface area contributed by atoms with Crippen LogP contribution >= 0.6 is 0 Å². The van der Waals surface area contributed by atoms with Gasteiger partial charge < -0.3 is 4.74 Å². The Labute approximate surface area is 93.8 Å². The lowest BCUT2D eigenvalue weighted by Crippen LogP contribution is -1.84. The van der Waals surface area contributed by atoms with Crippen LogP contribution in [0.5, 0.6) is 0 Å². The molecule has 0 radical (unpaired) electrons. The molecule has 84 valence electrons. The van der Waals surface area contributed by atoms with E-state index in [0.717, 1.165) is 6.42 Å². The van der Waals surface area contributed by atoms with Crippen LogP contribution in [0.25, 0.3) is 0 Å². The molecule has 0 aliphatic rings. The van der Waals surface area contributed by atoms with Crippen molar-refractivity contribution in [3.05, 3.63) is 48.2 Å². The van der Waals surface area contributed by atoms with Gasteiger partial charge in [0.15, 0.2) is 0 Å². The van der Waals surface area contributed by atoms with E-state index in [-0.39, 0.29) is 0 Å². The highest BCUT2D eigenvalue weighted by Crippen LogP contribution is 2.00. The fourth-order valence-corrected chi connectivity index (χ4v) is 0.883. The van der Waals surface area contributed by atoms with Crippen LogP contribution in [0.15, 0.2) is 42.7 Å². The Bertz CT molecular complexity index is 239. The van der Waals surface area contributed by atoms with Gasteiger partial charge in [0.2, 0.25) is 0 Å². The summed E-state index contributed by atoms with van der Waals surface area (Å²) in [6, 6.07) is 10.1. The Morgan fingerprint density at radius 1 is 1.07 bits per heavy atom. The summed E-state index contributed by atoms with van der Waals surface area (Å²) in [6.07, 6.45) is 6.03. The summed E-state index contributed by atoms with van der Waals surface area (Å²) in [7, 11) is 0. The zero-order chi connectivity index (χ0) is 11.4. The topological polar surface area (TPSA) is 9.23 Å². The zero-order valence-corrected chi connectivity index (χ0v) is 10.1. The van der Waals surface area contributed by atoms with Crippen LogP contribution in [0.1, 0.15) is 39.2 Å². The number of ether oxygens (including phenoxy) is 1. The van der Waals surface area contributed by atoms with Crippen LogP contribution in [0, 0.1) is 0 Å². The maximum absolute atomic E-state index is 5.28. The van der Waals surface area contributed by atoms with Gasteiger partial charge in [0, 0.05) is 0 Å². The Kier molecular flexibility index (Phi) is 9.94. The Hall–Kier alpha value is -1.24. The highest BCUT2D eigenvalue weighted by atomic mass is 16.5. The fraction of sp³-hybridized carbons (Fsp3) is 0.429. The summed E-state index contributed by atoms with van der Waals surface area (Å²) in [4.78, 5) is 0. The molecule has 1 aromatic rings. The molecule has 0 N–H and O–H groups in total. The minimum Gasteiger partial charge on any atom is -0.497 e. The molecule has 0 spiro atoms. The molecular weight excluding hydrogens is 184 g/mol. The molecular formula is C14H22O. The number of benzene rings is 1. The molecule has 0 fully saturated rings. The SMILES string of the molecule is CCC.CCC=COCc1ccccc1. The average Bonchev–Trinajstić information content (AvgIpc) is 2.27. The molecule has 0 heterocycles. The zero-order valence-electron chi connectivity index (χ0n) is 10.1. The van der Waals surface area contributed by atoms with Gasteiger partial charge in [0.25, 0.3) is 0 Å². The third-order valence-corrected chi connectivity index (χ3v) is 1.52. The molecule has 1 rings (SSSR count). The van der Waals surface area contributed by atoms with Crippen molar-refractivity contribution >= 4 is 0 Å². The van der Waals surface area contributed by atoms with Gasteiger partial charge in [-0.25, -0.2) is 0 Å². The van der Waals surface area contributed by atoms with Gasteiger partial charge >= 0.3 is 0 Å². The normalized spacial score (nSPS) is 9.53. The van der Waals surface area contributed by atoms with Gasteiger partial charge in [-0.2, -0.15) is 0 Å². The Morgan fingerprint density at radius 3 is 2.20 bits per heavy atom. The first-order valence-electron chi connectivity index (χ1n) is 5.65. The smallest absolute Gasteiger partial charge is 0.112 e. The van der Waals surface area contributed by atoms with Crippen LogP contribution in [0.3, 0.4) is 0 Å². The third kappa shape index (κ3) is 9.07. The molecule has 0 aromatic heterocycles. The van der Waals surface area contributed by atoms with Gasteiger partial charge in [0.05, 0.1) is 6.26 Å². The quantitative estimate of drug-likeness (QED) is 0.657. The molecule has 1 heteroatoms. The number of rotatable bonds is 4. The first-order valence-corrected chi connectivity index (χ1v) is 5.65. The lowest BCUT2D eigenvalue weighted by Gasteiger charge is -1.99. The fourth-order valence-electron chi connectivity index (χ4n) is 0.883. The van der Waals surface area contributed by atoms with E-state index in [2.05, 4.69) is 32.9 Å². The van der Waals surface area contributed by atoms with E-state index in [9.17, 15) is 0 Å². The van der Waals surface area contributed by atoms with E-state index in [0.29, 0.717) is 6.61 Å². The van der Waals surface area contributed by atoms with Crippen molar-refractivity contribution in [1.82, 2.24) is 0 Å². The van der Waals surface area contributed by atoms with E-state index in [1.54, 1.807) is 6.26 Å². The van der Waals surface area contributed by atoms with Gasteiger partial charge in [-0.15, -0.1) is 0 Å². The molecule has 0 aliphatic carbocycles. The van der Waals surface area contributed by atoms with Crippen molar-refractivity contribution in [2.75, 3.05) is 0 Å². The van der Waals surface area contributed by atoms with E-state index in [1.807, 2.05) is 24.3 Å². The molecule has 15 heavy (non-hydrogen) atoms. The number of allylic oxidation sites excluding steroid dienone is 1. The largest absolute Gasteiger partial charge is 0.497 e. The first-order chi connectivity index (χ1) is 7.35. The first kappa shape index (κ1) is 13.8. The van der Waals surface area contributed by atoms with Crippen LogP contribution in [0.4, 0.5) is 0 Å². The molecule has 1 nitrogen and oxygen atoms in total. The van der Waals surface area contributed by atoms with Crippen molar-refractivity contribution in [2.24, 2.45) is 0 Å². The van der Waals surface area contributed by atoms with Crippen molar-refractivity contribution in [1.29, 1.82) is 0 Å². The minimum atomic E-state index is 0.664. The summed E-state index contributed by atoms with van der Waals surface area (Å²) in [5.74, 6) is 0. The Balaban J connectivity index is 0.000000583. The second-order valence-electron chi connectivity index (χ2n) is 3.28. The molecule has 0 saturated heterocycles.